The van der Waals surface area contributed by atoms with Crippen LogP contribution >= 0.6 is 0 Å². The van der Waals surface area contributed by atoms with Crippen LogP contribution < -0.4 is 10.1 Å². The van der Waals surface area contributed by atoms with Gasteiger partial charge in [0.25, 0.3) is 0 Å². The summed E-state index contributed by atoms with van der Waals surface area (Å²) in [5.41, 5.74) is 1.27. The van der Waals surface area contributed by atoms with E-state index in [9.17, 15) is 0 Å². The molecule has 0 aromatic heterocycles. The van der Waals surface area contributed by atoms with Gasteiger partial charge in [-0.2, -0.15) is 0 Å². The van der Waals surface area contributed by atoms with Crippen LogP contribution in [-0.2, 0) is 0 Å². The molecule has 0 bridgehead atoms. The number of rotatable bonds is 5. The molecular formula is C15H24N2O. The molecule has 2 rings (SSSR count). The predicted octanol–water partition coefficient (Wildman–Crippen LogP) is 2.06. The molecule has 0 amide bonds. The fourth-order valence-electron chi connectivity index (χ4n) is 2.33. The lowest BCUT2D eigenvalue weighted by molar-refractivity contribution is 0.168. The van der Waals surface area contributed by atoms with Crippen LogP contribution in [0.2, 0.25) is 0 Å². The second kappa shape index (κ2) is 6.76. The number of piperidine rings is 1. The Labute approximate surface area is 110 Å². The van der Waals surface area contributed by atoms with Crippen LogP contribution in [0, 0.1) is 6.92 Å². The molecule has 0 saturated carbocycles. The third-order valence-corrected chi connectivity index (χ3v) is 3.63. The minimum atomic E-state index is 0.667. The second-order valence-electron chi connectivity index (χ2n) is 5.14. The molecule has 3 heteroatoms. The van der Waals surface area contributed by atoms with E-state index in [0.29, 0.717) is 6.04 Å². The molecule has 0 spiro atoms. The van der Waals surface area contributed by atoms with Crippen molar-refractivity contribution in [1.82, 2.24) is 10.2 Å². The lowest BCUT2D eigenvalue weighted by Gasteiger charge is -2.31. The van der Waals surface area contributed by atoms with Crippen LogP contribution in [0.3, 0.4) is 0 Å². The maximum atomic E-state index is 5.76. The molecule has 1 aromatic carbocycles. The summed E-state index contributed by atoms with van der Waals surface area (Å²) in [7, 11) is 2.19. The highest BCUT2D eigenvalue weighted by molar-refractivity contribution is 5.26. The SMILES string of the molecule is Cc1ccc(OCCN(C)C2CCCNC2)cc1. The first-order valence-electron chi connectivity index (χ1n) is 6.86. The minimum absolute atomic E-state index is 0.667. The van der Waals surface area contributed by atoms with E-state index in [1.807, 2.05) is 12.1 Å². The molecular weight excluding hydrogens is 224 g/mol. The zero-order valence-corrected chi connectivity index (χ0v) is 11.5. The van der Waals surface area contributed by atoms with Crippen LogP contribution in [0.15, 0.2) is 24.3 Å². The van der Waals surface area contributed by atoms with Gasteiger partial charge < -0.3 is 10.1 Å². The third-order valence-electron chi connectivity index (χ3n) is 3.63. The molecule has 1 N–H and O–H groups in total. The number of hydrogen-bond donors (Lipinski definition) is 1. The maximum absolute atomic E-state index is 5.76. The van der Waals surface area contributed by atoms with Gasteiger partial charge >= 0.3 is 0 Å². The number of ether oxygens (including phenoxy) is 1. The zero-order valence-electron chi connectivity index (χ0n) is 11.5. The fraction of sp³-hybridized carbons (Fsp3) is 0.600. The van der Waals surface area contributed by atoms with Crippen LogP contribution in [0.25, 0.3) is 0 Å². The molecule has 0 aliphatic carbocycles. The first-order chi connectivity index (χ1) is 8.75. The fourth-order valence-corrected chi connectivity index (χ4v) is 2.33. The highest BCUT2D eigenvalue weighted by Crippen LogP contribution is 2.12. The van der Waals surface area contributed by atoms with Crippen LogP contribution in [0.5, 0.6) is 5.75 Å². The number of benzene rings is 1. The third kappa shape index (κ3) is 4.00. The lowest BCUT2D eigenvalue weighted by Crippen LogP contribution is -2.45. The molecule has 1 atom stereocenters. The van der Waals surface area contributed by atoms with E-state index in [-0.39, 0.29) is 0 Å². The second-order valence-corrected chi connectivity index (χ2v) is 5.14. The Balaban J connectivity index is 1.69. The Bertz CT molecular complexity index is 344. The summed E-state index contributed by atoms with van der Waals surface area (Å²) < 4.78 is 5.76. The monoisotopic (exact) mass is 248 g/mol. The number of nitrogens with one attached hydrogen (secondary N) is 1. The van der Waals surface area contributed by atoms with E-state index in [1.54, 1.807) is 0 Å². The van der Waals surface area contributed by atoms with Gasteiger partial charge in [0.15, 0.2) is 0 Å². The predicted molar refractivity (Wildman–Crippen MR) is 75.2 cm³/mol. The van der Waals surface area contributed by atoms with Gasteiger partial charge in [-0.15, -0.1) is 0 Å². The van der Waals surface area contributed by atoms with E-state index in [4.69, 9.17) is 4.74 Å². The average Bonchev–Trinajstić information content (AvgIpc) is 2.42. The van der Waals surface area contributed by atoms with Gasteiger partial charge in [-0.05, 0) is 45.5 Å². The van der Waals surface area contributed by atoms with Crippen molar-refractivity contribution in [2.24, 2.45) is 0 Å². The van der Waals surface area contributed by atoms with Crippen molar-refractivity contribution in [1.29, 1.82) is 0 Å². The summed E-state index contributed by atoms with van der Waals surface area (Å²) in [6, 6.07) is 8.92. The molecule has 1 aromatic rings. The Kier molecular flexibility index (Phi) is 5.02. The van der Waals surface area contributed by atoms with Gasteiger partial charge in [-0.25, -0.2) is 0 Å². The van der Waals surface area contributed by atoms with Crippen LogP contribution in [-0.4, -0.2) is 44.2 Å². The average molecular weight is 248 g/mol. The van der Waals surface area contributed by atoms with Gasteiger partial charge in [-0.1, -0.05) is 17.7 Å². The largest absolute Gasteiger partial charge is 0.492 e. The molecule has 3 nitrogen and oxygen atoms in total. The Morgan fingerprint density at radius 2 is 2.11 bits per heavy atom. The molecule has 1 aliphatic heterocycles. The molecule has 1 unspecified atom stereocenters. The zero-order chi connectivity index (χ0) is 12.8. The highest BCUT2D eigenvalue weighted by atomic mass is 16.5. The van der Waals surface area contributed by atoms with E-state index in [0.717, 1.165) is 25.4 Å². The van der Waals surface area contributed by atoms with Gasteiger partial charge in [0.05, 0.1) is 0 Å². The Hall–Kier alpha value is -1.06. The van der Waals surface area contributed by atoms with E-state index >= 15 is 0 Å². The Morgan fingerprint density at radius 3 is 2.78 bits per heavy atom. The maximum Gasteiger partial charge on any atom is 0.119 e. The molecule has 1 aliphatic rings. The lowest BCUT2D eigenvalue weighted by atomic mass is 10.1. The van der Waals surface area contributed by atoms with Gasteiger partial charge in [0, 0.05) is 19.1 Å². The molecule has 1 saturated heterocycles. The number of likely N-dealkylation sites (N-methyl/N-ethyl adjacent to an activating group) is 1. The topological polar surface area (TPSA) is 24.5 Å². The van der Waals surface area contributed by atoms with Crippen molar-refractivity contribution in [3.63, 3.8) is 0 Å². The van der Waals surface area contributed by atoms with E-state index < -0.39 is 0 Å². The number of aryl methyl sites for hydroxylation is 1. The summed E-state index contributed by atoms with van der Waals surface area (Å²) in [6.07, 6.45) is 2.59. The van der Waals surface area contributed by atoms with Gasteiger partial charge in [0.2, 0.25) is 0 Å². The van der Waals surface area contributed by atoms with Gasteiger partial charge in [-0.3, -0.25) is 4.90 Å². The van der Waals surface area contributed by atoms with Crippen molar-refractivity contribution in [3.05, 3.63) is 29.8 Å². The quantitative estimate of drug-likeness (QED) is 0.863. The molecule has 100 valence electrons. The summed E-state index contributed by atoms with van der Waals surface area (Å²) in [5, 5.41) is 3.45. The highest BCUT2D eigenvalue weighted by Gasteiger charge is 2.17. The van der Waals surface area contributed by atoms with Gasteiger partial charge in [0.1, 0.15) is 12.4 Å². The summed E-state index contributed by atoms with van der Waals surface area (Å²) in [4.78, 5) is 2.40. The summed E-state index contributed by atoms with van der Waals surface area (Å²) >= 11 is 0. The van der Waals surface area contributed by atoms with Crippen molar-refractivity contribution >= 4 is 0 Å². The normalized spacial score (nSPS) is 20.1. The van der Waals surface area contributed by atoms with Crippen LogP contribution in [0.4, 0.5) is 0 Å². The van der Waals surface area contributed by atoms with E-state index in [1.165, 1.54) is 24.9 Å². The van der Waals surface area contributed by atoms with Crippen molar-refractivity contribution in [2.75, 3.05) is 33.3 Å². The Morgan fingerprint density at radius 1 is 1.33 bits per heavy atom. The molecule has 1 fully saturated rings. The van der Waals surface area contributed by atoms with Crippen molar-refractivity contribution < 1.29 is 4.74 Å². The van der Waals surface area contributed by atoms with Crippen molar-refractivity contribution in [2.45, 2.75) is 25.8 Å². The standard InChI is InChI=1S/C15H24N2O/c1-13-5-7-15(8-6-13)18-11-10-17(2)14-4-3-9-16-12-14/h5-8,14,16H,3-4,9-12H2,1-2H3. The smallest absolute Gasteiger partial charge is 0.119 e. The number of nitrogens with zero attached hydrogens (tertiary/aromatic N) is 1. The summed E-state index contributed by atoms with van der Waals surface area (Å²) in [5.74, 6) is 0.968. The number of hydrogen-bond acceptors (Lipinski definition) is 3. The molecule has 0 radical (unpaired) electrons. The summed E-state index contributed by atoms with van der Waals surface area (Å²) in [6.45, 7) is 6.12. The molecule has 18 heavy (non-hydrogen) atoms. The first-order valence-corrected chi connectivity index (χ1v) is 6.86. The van der Waals surface area contributed by atoms with E-state index in [2.05, 4.69) is 36.3 Å². The minimum Gasteiger partial charge on any atom is -0.492 e. The van der Waals surface area contributed by atoms with Crippen molar-refractivity contribution in [3.8, 4) is 5.75 Å². The van der Waals surface area contributed by atoms with Crippen LogP contribution in [0.1, 0.15) is 18.4 Å². The first kappa shape index (κ1) is 13.4. The molecule has 1 heterocycles.